The van der Waals surface area contributed by atoms with Crippen molar-refractivity contribution >= 4 is 23.4 Å². The highest BCUT2D eigenvalue weighted by atomic mass is 16.5. The third-order valence-electron chi connectivity index (χ3n) is 7.46. The molecule has 2 saturated heterocycles. The van der Waals surface area contributed by atoms with Gasteiger partial charge in [0, 0.05) is 51.8 Å². The molecule has 2 aromatic rings. The Bertz CT molecular complexity index is 1150. The first kappa shape index (κ1) is 26.2. The summed E-state index contributed by atoms with van der Waals surface area (Å²) in [5.41, 5.74) is 2.29. The van der Waals surface area contributed by atoms with E-state index in [-0.39, 0.29) is 29.9 Å². The van der Waals surface area contributed by atoms with Crippen LogP contribution in [0.5, 0.6) is 5.75 Å². The van der Waals surface area contributed by atoms with Crippen LogP contribution < -0.4 is 15.4 Å². The lowest BCUT2D eigenvalue weighted by atomic mass is 10.0. The van der Waals surface area contributed by atoms with Crippen LogP contribution in [0.4, 0.5) is 5.69 Å². The number of fused-ring (bicyclic) bond motifs is 4. The highest BCUT2D eigenvalue weighted by Gasteiger charge is 2.37. The maximum absolute atomic E-state index is 13.8. The molecular formula is C29H36N4O5. The predicted molar refractivity (Wildman–Crippen MR) is 143 cm³/mol. The summed E-state index contributed by atoms with van der Waals surface area (Å²) < 4.78 is 12.3. The van der Waals surface area contributed by atoms with Crippen molar-refractivity contribution in [2.45, 2.75) is 57.4 Å². The van der Waals surface area contributed by atoms with Crippen LogP contribution in [0.3, 0.4) is 0 Å². The molecule has 0 radical (unpaired) electrons. The maximum Gasteiger partial charge on any atom is 0.258 e. The van der Waals surface area contributed by atoms with Gasteiger partial charge in [0.25, 0.3) is 5.91 Å². The normalized spacial score (nSPS) is 24.8. The molecule has 2 N–H and O–H groups in total. The van der Waals surface area contributed by atoms with Gasteiger partial charge < -0.3 is 25.0 Å². The van der Waals surface area contributed by atoms with Crippen molar-refractivity contribution in [3.05, 3.63) is 59.7 Å². The lowest BCUT2D eigenvalue weighted by Gasteiger charge is -2.41. The Morgan fingerprint density at radius 1 is 1.03 bits per heavy atom. The minimum absolute atomic E-state index is 0.0288. The predicted octanol–water partition coefficient (Wildman–Crippen LogP) is 2.81. The van der Waals surface area contributed by atoms with Crippen LogP contribution in [0, 0.1) is 0 Å². The molecule has 5 rings (SSSR count). The van der Waals surface area contributed by atoms with Crippen LogP contribution >= 0.6 is 0 Å². The van der Waals surface area contributed by atoms with Crippen LogP contribution in [-0.2, 0) is 20.9 Å². The Morgan fingerprint density at radius 3 is 2.63 bits per heavy atom. The highest BCUT2D eigenvalue weighted by molar-refractivity contribution is 6.00. The Morgan fingerprint density at radius 2 is 1.82 bits per heavy atom. The second-order valence-corrected chi connectivity index (χ2v) is 10.3. The van der Waals surface area contributed by atoms with Crippen LogP contribution in [0.2, 0.25) is 0 Å². The number of piperazine rings is 1. The molecule has 0 aromatic heterocycles. The number of rotatable bonds is 3. The van der Waals surface area contributed by atoms with Gasteiger partial charge in [-0.1, -0.05) is 24.3 Å². The van der Waals surface area contributed by atoms with Crippen molar-refractivity contribution in [1.29, 1.82) is 0 Å². The number of carbonyl (C=O) groups excluding carboxylic acids is 3. The summed E-state index contributed by atoms with van der Waals surface area (Å²) in [6, 6.07) is 14.3. The minimum atomic E-state index is -0.634. The quantitative estimate of drug-likeness (QED) is 0.646. The number of nitrogens with one attached hydrogen (secondary N) is 2. The van der Waals surface area contributed by atoms with E-state index in [0.717, 1.165) is 36.9 Å². The average Bonchev–Trinajstić information content (AvgIpc) is 2.92. The minimum Gasteiger partial charge on any atom is -0.493 e. The van der Waals surface area contributed by atoms with E-state index in [4.69, 9.17) is 9.47 Å². The molecule has 0 spiro atoms. The molecule has 3 amide bonds. The summed E-state index contributed by atoms with van der Waals surface area (Å²) in [6.45, 7) is 4.52. The summed E-state index contributed by atoms with van der Waals surface area (Å²) >= 11 is 0. The first-order valence-electron chi connectivity index (χ1n) is 13.5. The van der Waals surface area contributed by atoms with Gasteiger partial charge in [-0.3, -0.25) is 19.3 Å². The zero-order chi connectivity index (χ0) is 26.5. The van der Waals surface area contributed by atoms with Gasteiger partial charge in [0.2, 0.25) is 11.8 Å². The molecule has 2 fully saturated rings. The first-order chi connectivity index (χ1) is 18.5. The third-order valence-corrected chi connectivity index (χ3v) is 7.46. The molecule has 9 nitrogen and oxygen atoms in total. The second kappa shape index (κ2) is 12.0. The van der Waals surface area contributed by atoms with E-state index in [9.17, 15) is 14.4 Å². The van der Waals surface area contributed by atoms with Crippen LogP contribution in [0.25, 0.3) is 0 Å². The Labute approximate surface area is 223 Å². The molecule has 3 aliphatic heterocycles. The molecule has 3 heterocycles. The highest BCUT2D eigenvalue weighted by Crippen LogP contribution is 2.26. The van der Waals surface area contributed by atoms with E-state index < -0.39 is 6.04 Å². The largest absolute Gasteiger partial charge is 0.493 e. The van der Waals surface area contributed by atoms with Gasteiger partial charge in [0.05, 0.1) is 24.4 Å². The number of benzene rings is 2. The number of amides is 3. The Balaban J connectivity index is 1.35. The summed E-state index contributed by atoms with van der Waals surface area (Å²) in [5.74, 6) is 0.0843. The molecule has 0 aliphatic carbocycles. The van der Waals surface area contributed by atoms with Crippen molar-refractivity contribution in [3.8, 4) is 5.75 Å². The fraction of sp³-hybridized carbons (Fsp3) is 0.483. The zero-order valence-electron chi connectivity index (χ0n) is 21.9. The zero-order valence-corrected chi connectivity index (χ0v) is 21.9. The van der Waals surface area contributed by atoms with E-state index in [1.807, 2.05) is 42.5 Å². The first-order valence-corrected chi connectivity index (χ1v) is 13.5. The lowest BCUT2D eigenvalue weighted by molar-refractivity contribution is -0.129. The lowest BCUT2D eigenvalue weighted by Crippen LogP contribution is -2.61. The van der Waals surface area contributed by atoms with E-state index >= 15 is 0 Å². The fourth-order valence-electron chi connectivity index (χ4n) is 5.51. The fourth-order valence-corrected chi connectivity index (χ4v) is 5.51. The Hall–Kier alpha value is -3.43. The van der Waals surface area contributed by atoms with E-state index in [0.29, 0.717) is 50.6 Å². The number of nitrogens with zero attached hydrogens (tertiary/aromatic N) is 2. The van der Waals surface area contributed by atoms with Crippen molar-refractivity contribution in [2.24, 2.45) is 0 Å². The SMILES string of the molecule is CC(=O)Nc1ccc(CN2CCN3C(=O)c4ccccc4OCC[C@@H]4CCC[C@@H](CNC(=O)[C@@H]3C2)O4)cc1. The molecule has 38 heavy (non-hydrogen) atoms. The number of ether oxygens (including phenoxy) is 2. The van der Waals surface area contributed by atoms with Crippen molar-refractivity contribution < 1.29 is 23.9 Å². The van der Waals surface area contributed by atoms with Gasteiger partial charge in [-0.15, -0.1) is 0 Å². The van der Waals surface area contributed by atoms with Gasteiger partial charge in [-0.2, -0.15) is 0 Å². The van der Waals surface area contributed by atoms with Crippen LogP contribution in [-0.4, -0.2) is 78.6 Å². The molecule has 2 bridgehead atoms. The number of anilines is 1. The van der Waals surface area contributed by atoms with Crippen molar-refractivity contribution in [1.82, 2.24) is 15.1 Å². The van der Waals surface area contributed by atoms with Gasteiger partial charge >= 0.3 is 0 Å². The van der Waals surface area contributed by atoms with Gasteiger partial charge in [-0.25, -0.2) is 0 Å². The summed E-state index contributed by atoms with van der Waals surface area (Å²) in [4.78, 5) is 42.5. The molecule has 202 valence electrons. The molecule has 2 aromatic carbocycles. The van der Waals surface area contributed by atoms with Crippen molar-refractivity contribution in [2.75, 3.05) is 38.1 Å². The molecule has 9 heteroatoms. The molecule has 3 aliphatic rings. The monoisotopic (exact) mass is 520 g/mol. The molecular weight excluding hydrogens is 484 g/mol. The van der Waals surface area contributed by atoms with Crippen LogP contribution in [0.1, 0.15) is 48.5 Å². The summed E-state index contributed by atoms with van der Waals surface area (Å²) in [7, 11) is 0. The molecule has 0 saturated carbocycles. The number of carbonyl (C=O) groups is 3. The van der Waals surface area contributed by atoms with E-state index in [1.165, 1.54) is 6.92 Å². The van der Waals surface area contributed by atoms with Gasteiger partial charge in [0.1, 0.15) is 11.8 Å². The number of hydrogen-bond donors (Lipinski definition) is 2. The maximum atomic E-state index is 13.8. The van der Waals surface area contributed by atoms with Crippen LogP contribution in [0.15, 0.2) is 48.5 Å². The standard InChI is InChI=1S/C29H36N4O5/c1-20(34)31-22-11-9-21(10-12-22)18-32-14-15-33-26(19-32)28(35)30-17-24-6-4-5-23(38-24)13-16-37-27-8-3-2-7-25(27)29(33)36/h2-3,7-12,23-24,26H,4-6,13-19H2,1H3,(H,30,35)(H,31,34)/t23-,24-,26-/m0/s1. The average molecular weight is 521 g/mol. The van der Waals surface area contributed by atoms with E-state index in [2.05, 4.69) is 15.5 Å². The second-order valence-electron chi connectivity index (χ2n) is 10.3. The smallest absolute Gasteiger partial charge is 0.258 e. The van der Waals surface area contributed by atoms with Gasteiger partial charge in [0.15, 0.2) is 0 Å². The summed E-state index contributed by atoms with van der Waals surface area (Å²) in [5, 5.41) is 5.87. The van der Waals surface area contributed by atoms with Gasteiger partial charge in [-0.05, 0) is 49.1 Å². The third kappa shape index (κ3) is 6.34. The van der Waals surface area contributed by atoms with E-state index in [1.54, 1.807) is 11.0 Å². The number of hydrogen-bond acceptors (Lipinski definition) is 6. The Kier molecular flexibility index (Phi) is 8.24. The molecule has 3 atom stereocenters. The van der Waals surface area contributed by atoms with Crippen molar-refractivity contribution in [3.63, 3.8) is 0 Å². The topological polar surface area (TPSA) is 100 Å². The summed E-state index contributed by atoms with van der Waals surface area (Å²) in [6.07, 6.45) is 3.76. The number of para-hydroxylation sites is 1. The molecule has 0 unspecified atom stereocenters.